The van der Waals surface area contributed by atoms with Crippen LogP contribution in [0.25, 0.3) is 0 Å². The van der Waals surface area contributed by atoms with Crippen LogP contribution in [0.1, 0.15) is 37.0 Å². The monoisotopic (exact) mass is 272 g/mol. The van der Waals surface area contributed by atoms with E-state index in [1.54, 1.807) is 26.8 Å². The van der Waals surface area contributed by atoms with Crippen LogP contribution in [0.15, 0.2) is 12.1 Å². The quantitative estimate of drug-likeness (QED) is 0.891. The van der Waals surface area contributed by atoms with E-state index in [1.165, 1.54) is 13.2 Å². The summed E-state index contributed by atoms with van der Waals surface area (Å²) in [5.74, 6) is -0.888. The minimum absolute atomic E-state index is 0.0873. The van der Waals surface area contributed by atoms with Gasteiger partial charge in [0.2, 0.25) is 0 Å². The first-order chi connectivity index (χ1) is 8.70. The van der Waals surface area contributed by atoms with Gasteiger partial charge in [0, 0.05) is 0 Å². The number of benzene rings is 1. The summed E-state index contributed by atoms with van der Waals surface area (Å²) in [6.07, 6.45) is -2.51. The number of hydrogen-bond donors (Lipinski definition) is 1. The van der Waals surface area contributed by atoms with E-state index in [9.17, 15) is 13.6 Å². The molecule has 0 atom stereocenters. The fourth-order valence-electron chi connectivity index (χ4n) is 1.89. The number of carboxylic acid groups (broad SMARTS) is 1. The molecule has 1 N–H and O–H groups in total. The molecule has 1 aromatic carbocycles. The van der Waals surface area contributed by atoms with Gasteiger partial charge in [-0.2, -0.15) is 0 Å². The van der Waals surface area contributed by atoms with Gasteiger partial charge in [-0.25, -0.2) is 8.78 Å². The summed E-state index contributed by atoms with van der Waals surface area (Å²) in [4.78, 5) is 11.2. The lowest BCUT2D eigenvalue weighted by atomic mass is 9.83. The van der Waals surface area contributed by atoms with Crippen LogP contribution in [0.3, 0.4) is 0 Å². The number of carbonyl (C=O) groups is 1. The van der Waals surface area contributed by atoms with Gasteiger partial charge in [0.15, 0.2) is 0 Å². The first kappa shape index (κ1) is 15.4. The van der Waals surface area contributed by atoms with Gasteiger partial charge in [-0.3, -0.25) is 4.79 Å². The summed E-state index contributed by atoms with van der Waals surface area (Å²) in [6, 6.07) is 2.88. The molecule has 0 unspecified atom stereocenters. The molecule has 19 heavy (non-hydrogen) atoms. The van der Waals surface area contributed by atoms with E-state index in [0.717, 1.165) is 5.56 Å². The van der Waals surface area contributed by atoms with Crippen molar-refractivity contribution in [3.63, 3.8) is 0 Å². The number of ether oxygens (including phenoxy) is 1. The summed E-state index contributed by atoms with van der Waals surface area (Å²) >= 11 is 0. The zero-order chi connectivity index (χ0) is 14.8. The SMILES string of the molecule is COc1c(C(F)F)ccc(C)c1CC(C)(C)C(=O)O. The van der Waals surface area contributed by atoms with Gasteiger partial charge in [-0.1, -0.05) is 6.07 Å². The van der Waals surface area contributed by atoms with Crippen LogP contribution in [0, 0.1) is 12.3 Å². The average Bonchev–Trinajstić information content (AvgIpc) is 2.30. The highest BCUT2D eigenvalue weighted by Crippen LogP contribution is 2.37. The Bertz CT molecular complexity index is 482. The zero-order valence-electron chi connectivity index (χ0n) is 11.5. The minimum Gasteiger partial charge on any atom is -0.496 e. The maximum Gasteiger partial charge on any atom is 0.309 e. The normalized spacial score (nSPS) is 11.7. The van der Waals surface area contributed by atoms with Gasteiger partial charge in [0.25, 0.3) is 6.43 Å². The molecule has 0 aliphatic rings. The smallest absolute Gasteiger partial charge is 0.309 e. The van der Waals surface area contributed by atoms with Crippen LogP contribution in [0.5, 0.6) is 5.75 Å². The first-order valence-corrected chi connectivity index (χ1v) is 5.88. The predicted molar refractivity (Wildman–Crippen MR) is 67.8 cm³/mol. The van der Waals surface area contributed by atoms with E-state index in [0.29, 0.717) is 5.56 Å². The number of hydrogen-bond acceptors (Lipinski definition) is 2. The van der Waals surface area contributed by atoms with Crippen LogP contribution in [-0.4, -0.2) is 18.2 Å². The number of halogens is 2. The van der Waals surface area contributed by atoms with E-state index < -0.39 is 17.8 Å². The molecular formula is C14H18F2O3. The second kappa shape index (κ2) is 5.55. The number of alkyl halides is 2. The molecule has 0 aromatic heterocycles. The van der Waals surface area contributed by atoms with Crippen molar-refractivity contribution in [2.45, 2.75) is 33.6 Å². The summed E-state index contributed by atoms with van der Waals surface area (Å²) in [5.41, 5.74) is 0.0197. The molecule has 0 aliphatic carbocycles. The topological polar surface area (TPSA) is 46.5 Å². The number of rotatable bonds is 5. The maximum atomic E-state index is 12.9. The van der Waals surface area contributed by atoms with Crippen molar-refractivity contribution >= 4 is 5.97 Å². The van der Waals surface area contributed by atoms with Crippen molar-refractivity contribution in [2.75, 3.05) is 7.11 Å². The second-order valence-electron chi connectivity index (χ2n) is 5.15. The number of carboxylic acids is 1. The van der Waals surface area contributed by atoms with Gasteiger partial charge in [-0.15, -0.1) is 0 Å². The lowest BCUT2D eigenvalue weighted by Gasteiger charge is -2.23. The van der Waals surface area contributed by atoms with Gasteiger partial charge >= 0.3 is 5.97 Å². The summed E-state index contributed by atoms with van der Waals surface area (Å²) in [5, 5.41) is 9.15. The Balaban J connectivity index is 3.33. The van der Waals surface area contributed by atoms with E-state index >= 15 is 0 Å². The molecule has 1 aromatic rings. The number of aliphatic carboxylic acids is 1. The molecule has 0 fully saturated rings. The molecular weight excluding hydrogens is 254 g/mol. The second-order valence-corrected chi connectivity index (χ2v) is 5.15. The van der Waals surface area contributed by atoms with E-state index in [2.05, 4.69) is 0 Å². The molecule has 5 heteroatoms. The van der Waals surface area contributed by atoms with E-state index in [1.807, 2.05) is 0 Å². The fourth-order valence-corrected chi connectivity index (χ4v) is 1.89. The molecule has 0 radical (unpaired) electrons. The van der Waals surface area contributed by atoms with Crippen molar-refractivity contribution in [2.24, 2.45) is 5.41 Å². The Kier molecular flexibility index (Phi) is 4.50. The van der Waals surface area contributed by atoms with Crippen molar-refractivity contribution < 1.29 is 23.4 Å². The molecule has 0 saturated carbocycles. The van der Waals surface area contributed by atoms with Crippen LogP contribution < -0.4 is 4.74 Å². The molecule has 3 nitrogen and oxygen atoms in total. The molecule has 0 heterocycles. The molecule has 0 spiro atoms. The first-order valence-electron chi connectivity index (χ1n) is 5.88. The third-order valence-corrected chi connectivity index (χ3v) is 3.16. The van der Waals surface area contributed by atoms with Crippen molar-refractivity contribution in [3.8, 4) is 5.75 Å². The molecule has 0 bridgehead atoms. The average molecular weight is 272 g/mol. The summed E-state index contributed by atoms with van der Waals surface area (Å²) < 4.78 is 30.9. The lowest BCUT2D eigenvalue weighted by Crippen LogP contribution is -2.27. The van der Waals surface area contributed by atoms with Crippen LogP contribution in [0.4, 0.5) is 8.78 Å². The van der Waals surface area contributed by atoms with Crippen molar-refractivity contribution in [1.82, 2.24) is 0 Å². The minimum atomic E-state index is -2.65. The van der Waals surface area contributed by atoms with Gasteiger partial charge < -0.3 is 9.84 Å². The zero-order valence-corrected chi connectivity index (χ0v) is 11.5. The Hall–Kier alpha value is -1.65. The highest BCUT2D eigenvalue weighted by atomic mass is 19.3. The van der Waals surface area contributed by atoms with Crippen LogP contribution in [0.2, 0.25) is 0 Å². The number of aryl methyl sites for hydroxylation is 1. The van der Waals surface area contributed by atoms with Crippen molar-refractivity contribution in [1.29, 1.82) is 0 Å². The highest BCUT2D eigenvalue weighted by molar-refractivity contribution is 5.74. The van der Waals surface area contributed by atoms with Gasteiger partial charge in [0.1, 0.15) is 5.75 Å². The number of methoxy groups -OCH3 is 1. The third-order valence-electron chi connectivity index (χ3n) is 3.16. The Morgan fingerprint density at radius 3 is 2.42 bits per heavy atom. The molecule has 0 amide bonds. The van der Waals surface area contributed by atoms with Crippen LogP contribution >= 0.6 is 0 Å². The third kappa shape index (κ3) is 3.22. The molecule has 1 rings (SSSR count). The Labute approximate surface area is 111 Å². The molecule has 106 valence electrons. The van der Waals surface area contributed by atoms with Crippen molar-refractivity contribution in [3.05, 3.63) is 28.8 Å². The Morgan fingerprint density at radius 2 is 2.00 bits per heavy atom. The van der Waals surface area contributed by atoms with E-state index in [4.69, 9.17) is 9.84 Å². The van der Waals surface area contributed by atoms with Gasteiger partial charge in [0.05, 0.1) is 18.1 Å². The summed E-state index contributed by atoms with van der Waals surface area (Å²) in [7, 11) is 1.32. The Morgan fingerprint density at radius 1 is 1.42 bits per heavy atom. The van der Waals surface area contributed by atoms with Crippen LogP contribution in [-0.2, 0) is 11.2 Å². The lowest BCUT2D eigenvalue weighted by molar-refractivity contribution is -0.146. The molecule has 0 saturated heterocycles. The highest BCUT2D eigenvalue weighted by Gasteiger charge is 2.30. The maximum absolute atomic E-state index is 12.9. The van der Waals surface area contributed by atoms with Gasteiger partial charge in [-0.05, 0) is 44.4 Å². The molecule has 0 aliphatic heterocycles. The standard InChI is InChI=1S/C14H18F2O3/c1-8-5-6-9(12(15)16)11(19-4)10(8)7-14(2,3)13(17)18/h5-6,12H,7H2,1-4H3,(H,17,18). The predicted octanol–water partition coefficient (Wildman–Crippen LogP) is 3.59. The largest absolute Gasteiger partial charge is 0.496 e. The summed E-state index contributed by atoms with van der Waals surface area (Å²) in [6.45, 7) is 4.87. The fraction of sp³-hybridized carbons (Fsp3) is 0.500. The van der Waals surface area contributed by atoms with E-state index in [-0.39, 0.29) is 17.7 Å².